The Morgan fingerprint density at radius 3 is 2.76 bits per heavy atom. The molecule has 21 heavy (non-hydrogen) atoms. The van der Waals surface area contributed by atoms with Crippen molar-refractivity contribution in [3.05, 3.63) is 60.0 Å². The number of fused-ring (bicyclic) bond motifs is 1. The minimum Gasteiger partial charge on any atom is -0.320 e. The molecule has 0 spiro atoms. The topological polar surface area (TPSA) is 46.4 Å². The third kappa shape index (κ3) is 2.52. The second-order valence-corrected chi connectivity index (χ2v) is 5.48. The highest BCUT2D eigenvalue weighted by molar-refractivity contribution is 7.98. The number of aryl methyl sites for hydroxylation is 1. The van der Waals surface area contributed by atoms with E-state index < -0.39 is 0 Å². The van der Waals surface area contributed by atoms with E-state index in [0.717, 1.165) is 21.9 Å². The second-order valence-electron chi connectivity index (χ2n) is 4.63. The summed E-state index contributed by atoms with van der Waals surface area (Å²) in [6.45, 7) is 1.85. The molecule has 1 aromatic carbocycles. The van der Waals surface area contributed by atoms with Gasteiger partial charge in [-0.2, -0.15) is 0 Å². The number of carbonyl (C=O) groups excluding carboxylic acids is 1. The number of para-hydroxylation sites is 1. The average molecular weight is 297 g/mol. The Morgan fingerprint density at radius 2 is 1.95 bits per heavy atom. The molecule has 0 saturated heterocycles. The van der Waals surface area contributed by atoms with Crippen LogP contribution in [0.15, 0.2) is 53.6 Å². The number of nitrogens with one attached hydrogen (secondary N) is 1. The molecule has 1 amide bonds. The average Bonchev–Trinajstić information content (AvgIpc) is 2.83. The van der Waals surface area contributed by atoms with Crippen molar-refractivity contribution >= 4 is 29.0 Å². The lowest BCUT2D eigenvalue weighted by atomic mass is 10.3. The zero-order chi connectivity index (χ0) is 14.8. The molecular weight excluding hydrogens is 282 g/mol. The number of carbonyl (C=O) groups is 1. The van der Waals surface area contributed by atoms with Crippen LogP contribution >= 0.6 is 11.8 Å². The number of thioether (sulfide) groups is 1. The number of hydrogen-bond donors (Lipinski definition) is 1. The molecule has 0 radical (unpaired) electrons. The highest BCUT2D eigenvalue weighted by Crippen LogP contribution is 2.25. The summed E-state index contributed by atoms with van der Waals surface area (Å²) in [6, 6.07) is 13.5. The van der Waals surface area contributed by atoms with Gasteiger partial charge < -0.3 is 5.32 Å². The van der Waals surface area contributed by atoms with Gasteiger partial charge in [-0.05, 0) is 37.4 Å². The molecule has 5 heteroatoms. The van der Waals surface area contributed by atoms with E-state index in [1.54, 1.807) is 11.8 Å². The Kier molecular flexibility index (Phi) is 3.66. The van der Waals surface area contributed by atoms with Gasteiger partial charge in [0.25, 0.3) is 5.91 Å². The number of anilines is 1. The van der Waals surface area contributed by atoms with Crippen molar-refractivity contribution in [3.8, 4) is 0 Å². The van der Waals surface area contributed by atoms with Crippen LogP contribution in [0, 0.1) is 6.92 Å². The van der Waals surface area contributed by atoms with Crippen LogP contribution in [-0.2, 0) is 0 Å². The van der Waals surface area contributed by atoms with Crippen LogP contribution in [-0.4, -0.2) is 21.5 Å². The molecule has 0 aliphatic rings. The van der Waals surface area contributed by atoms with Crippen molar-refractivity contribution in [1.29, 1.82) is 0 Å². The van der Waals surface area contributed by atoms with E-state index >= 15 is 0 Å². The van der Waals surface area contributed by atoms with Gasteiger partial charge in [0.2, 0.25) is 0 Å². The number of aromatic nitrogens is 2. The summed E-state index contributed by atoms with van der Waals surface area (Å²) in [7, 11) is 0. The van der Waals surface area contributed by atoms with Crippen LogP contribution in [0.5, 0.6) is 0 Å². The van der Waals surface area contributed by atoms with Crippen LogP contribution in [0.2, 0.25) is 0 Å². The first-order valence-electron chi connectivity index (χ1n) is 6.59. The zero-order valence-corrected chi connectivity index (χ0v) is 12.6. The number of amides is 1. The minimum absolute atomic E-state index is 0.146. The smallest absolute Gasteiger partial charge is 0.274 e. The predicted octanol–water partition coefficient (Wildman–Crippen LogP) is 3.62. The SMILES string of the molecule is CSc1ccccc1NC(=O)c1c(C)nc2ccccn12. The third-order valence-corrected chi connectivity index (χ3v) is 4.07. The Morgan fingerprint density at radius 1 is 1.19 bits per heavy atom. The fourth-order valence-electron chi connectivity index (χ4n) is 2.32. The Balaban J connectivity index is 1.99. The molecule has 4 nitrogen and oxygen atoms in total. The van der Waals surface area contributed by atoms with E-state index in [0.29, 0.717) is 5.69 Å². The van der Waals surface area contributed by atoms with E-state index in [1.807, 2.05) is 66.2 Å². The lowest BCUT2D eigenvalue weighted by Gasteiger charge is -2.09. The first-order chi connectivity index (χ1) is 10.2. The minimum atomic E-state index is -0.146. The Bertz CT molecular complexity index is 810. The summed E-state index contributed by atoms with van der Waals surface area (Å²) in [5.74, 6) is -0.146. The highest BCUT2D eigenvalue weighted by atomic mass is 32.2. The van der Waals surface area contributed by atoms with Gasteiger partial charge in [-0.3, -0.25) is 9.20 Å². The number of imidazole rings is 1. The van der Waals surface area contributed by atoms with Crippen molar-refractivity contribution in [3.63, 3.8) is 0 Å². The predicted molar refractivity (Wildman–Crippen MR) is 86.1 cm³/mol. The standard InChI is InChI=1S/C16H15N3OS/c1-11-15(19-10-6-5-9-14(19)17-11)16(20)18-12-7-3-4-8-13(12)21-2/h3-10H,1-2H3,(H,18,20). The van der Waals surface area contributed by atoms with E-state index in [2.05, 4.69) is 10.3 Å². The number of nitrogens with zero attached hydrogens (tertiary/aromatic N) is 2. The molecule has 3 aromatic rings. The van der Waals surface area contributed by atoms with Gasteiger partial charge in [0.05, 0.1) is 11.4 Å². The monoisotopic (exact) mass is 297 g/mol. The molecule has 0 fully saturated rings. The van der Waals surface area contributed by atoms with E-state index in [1.165, 1.54) is 0 Å². The number of hydrogen-bond acceptors (Lipinski definition) is 3. The van der Waals surface area contributed by atoms with Crippen molar-refractivity contribution in [2.45, 2.75) is 11.8 Å². The third-order valence-electron chi connectivity index (χ3n) is 3.27. The van der Waals surface area contributed by atoms with E-state index in [4.69, 9.17) is 0 Å². The number of rotatable bonds is 3. The van der Waals surface area contributed by atoms with Crippen molar-refractivity contribution in [2.24, 2.45) is 0 Å². The number of benzene rings is 1. The van der Waals surface area contributed by atoms with Gasteiger partial charge in [-0.15, -0.1) is 11.8 Å². The summed E-state index contributed by atoms with van der Waals surface area (Å²) < 4.78 is 1.81. The Labute approximate surface area is 127 Å². The van der Waals surface area contributed by atoms with Crippen LogP contribution in [0.1, 0.15) is 16.2 Å². The van der Waals surface area contributed by atoms with Gasteiger partial charge in [0.1, 0.15) is 11.3 Å². The molecule has 106 valence electrons. The van der Waals surface area contributed by atoms with Crippen LogP contribution < -0.4 is 5.32 Å². The maximum atomic E-state index is 12.6. The summed E-state index contributed by atoms with van der Waals surface area (Å²) in [5, 5.41) is 2.98. The molecule has 0 unspecified atom stereocenters. The first kappa shape index (κ1) is 13.7. The van der Waals surface area contributed by atoms with E-state index in [-0.39, 0.29) is 5.91 Å². The lowest BCUT2D eigenvalue weighted by molar-refractivity contribution is 0.102. The normalized spacial score (nSPS) is 10.8. The summed E-state index contributed by atoms with van der Waals surface area (Å²) >= 11 is 1.61. The van der Waals surface area contributed by atoms with E-state index in [9.17, 15) is 4.79 Å². The molecular formula is C16H15N3OS. The fourth-order valence-corrected chi connectivity index (χ4v) is 2.87. The maximum absolute atomic E-state index is 12.6. The van der Waals surface area contributed by atoms with Crippen molar-refractivity contribution in [2.75, 3.05) is 11.6 Å². The lowest BCUT2D eigenvalue weighted by Crippen LogP contribution is -2.16. The maximum Gasteiger partial charge on any atom is 0.274 e. The Hall–Kier alpha value is -2.27. The van der Waals surface area contributed by atoms with Crippen LogP contribution in [0.4, 0.5) is 5.69 Å². The number of pyridine rings is 1. The first-order valence-corrected chi connectivity index (χ1v) is 7.81. The van der Waals surface area contributed by atoms with Gasteiger partial charge in [0, 0.05) is 11.1 Å². The summed E-state index contributed by atoms with van der Waals surface area (Å²) in [6.07, 6.45) is 3.84. The molecule has 0 aliphatic carbocycles. The van der Waals surface area contributed by atoms with Gasteiger partial charge in [0.15, 0.2) is 0 Å². The molecule has 0 bridgehead atoms. The molecule has 0 saturated carbocycles. The zero-order valence-electron chi connectivity index (χ0n) is 11.8. The van der Waals surface area contributed by atoms with Crippen molar-refractivity contribution < 1.29 is 4.79 Å². The molecule has 0 aliphatic heterocycles. The van der Waals surface area contributed by atoms with Gasteiger partial charge >= 0.3 is 0 Å². The summed E-state index contributed by atoms with van der Waals surface area (Å²) in [5.41, 5.74) is 2.89. The molecule has 0 atom stereocenters. The molecule has 1 N–H and O–H groups in total. The van der Waals surface area contributed by atoms with Crippen LogP contribution in [0.25, 0.3) is 5.65 Å². The van der Waals surface area contributed by atoms with Gasteiger partial charge in [-0.25, -0.2) is 4.98 Å². The molecule has 2 aromatic heterocycles. The quantitative estimate of drug-likeness (QED) is 0.751. The molecule has 2 heterocycles. The molecule has 3 rings (SSSR count). The van der Waals surface area contributed by atoms with Crippen molar-refractivity contribution in [1.82, 2.24) is 9.38 Å². The van der Waals surface area contributed by atoms with Gasteiger partial charge in [-0.1, -0.05) is 18.2 Å². The second kappa shape index (κ2) is 5.61. The summed E-state index contributed by atoms with van der Waals surface area (Å²) in [4.78, 5) is 18.1. The fraction of sp³-hybridized carbons (Fsp3) is 0.125. The van der Waals surface area contributed by atoms with Crippen LogP contribution in [0.3, 0.4) is 0 Å². The largest absolute Gasteiger partial charge is 0.320 e. The highest BCUT2D eigenvalue weighted by Gasteiger charge is 2.17.